The molecule has 20 heavy (non-hydrogen) atoms. The van der Waals surface area contributed by atoms with Crippen LogP contribution in [-0.4, -0.2) is 11.9 Å². The number of nitrogens with two attached hydrogens (primary N) is 1. The van der Waals surface area contributed by atoms with Crippen molar-refractivity contribution in [3.63, 3.8) is 0 Å². The first-order valence-electron chi connectivity index (χ1n) is 6.23. The molecule has 2 unspecified atom stereocenters. The van der Waals surface area contributed by atoms with E-state index in [1.54, 1.807) is 6.07 Å². The largest absolute Gasteiger partial charge is 0.474 e. The van der Waals surface area contributed by atoms with Crippen LogP contribution in [0.15, 0.2) is 11.5 Å². The predicted molar refractivity (Wildman–Crippen MR) is 66.9 cm³/mol. The lowest BCUT2D eigenvalue weighted by molar-refractivity contribution is -0.141. The number of ketones is 1. The fraction of sp³-hybridized carbons (Fsp3) is 0.571. The summed E-state index contributed by atoms with van der Waals surface area (Å²) in [5, 5.41) is 28.0. The van der Waals surface area contributed by atoms with E-state index < -0.39 is 17.4 Å². The Morgan fingerprint density at radius 3 is 2.40 bits per heavy atom. The van der Waals surface area contributed by atoms with Gasteiger partial charge in [0.1, 0.15) is 23.5 Å². The first-order valence-corrected chi connectivity index (χ1v) is 6.23. The molecule has 0 radical (unpaired) electrons. The van der Waals surface area contributed by atoms with Crippen LogP contribution in [0.3, 0.4) is 0 Å². The van der Waals surface area contributed by atoms with Crippen LogP contribution in [0.4, 0.5) is 0 Å². The van der Waals surface area contributed by atoms with Crippen molar-refractivity contribution < 1.29 is 9.53 Å². The van der Waals surface area contributed by atoms with Gasteiger partial charge in [0.25, 0.3) is 0 Å². The van der Waals surface area contributed by atoms with E-state index in [0.29, 0.717) is 6.42 Å². The second kappa shape index (κ2) is 4.25. The Bertz CT molecular complexity index is 613. The van der Waals surface area contributed by atoms with Gasteiger partial charge < -0.3 is 10.5 Å². The number of ether oxygens (including phenoxy) is 1. The minimum atomic E-state index is -1.84. The summed E-state index contributed by atoms with van der Waals surface area (Å²) < 4.78 is 5.47. The predicted octanol–water partition coefficient (Wildman–Crippen LogP) is 1.12. The molecule has 6 heteroatoms. The maximum absolute atomic E-state index is 12.4. The molecule has 0 aromatic carbocycles. The summed E-state index contributed by atoms with van der Waals surface area (Å²) in [7, 11) is 0. The Morgan fingerprint density at radius 2 is 1.90 bits per heavy atom. The van der Waals surface area contributed by atoms with Gasteiger partial charge in [-0.1, -0.05) is 13.8 Å². The summed E-state index contributed by atoms with van der Waals surface area (Å²) >= 11 is 0. The zero-order valence-electron chi connectivity index (χ0n) is 11.3. The number of nitrogens with zero attached hydrogens (tertiary/aromatic N) is 3. The fourth-order valence-corrected chi connectivity index (χ4v) is 3.14. The van der Waals surface area contributed by atoms with Gasteiger partial charge in [0.15, 0.2) is 5.41 Å². The van der Waals surface area contributed by atoms with Crippen LogP contribution < -0.4 is 5.73 Å². The smallest absolute Gasteiger partial charge is 0.201 e. The van der Waals surface area contributed by atoms with E-state index in [-0.39, 0.29) is 29.1 Å². The van der Waals surface area contributed by atoms with Crippen LogP contribution in [0.5, 0.6) is 0 Å². The normalized spacial score (nSPS) is 30.2. The topological polar surface area (TPSA) is 124 Å². The number of fused-ring (bicyclic) bond motifs is 1. The zero-order valence-corrected chi connectivity index (χ0v) is 11.3. The van der Waals surface area contributed by atoms with Gasteiger partial charge in [-0.05, 0) is 11.8 Å². The number of hydrogen-bond donors (Lipinski definition) is 1. The van der Waals surface area contributed by atoms with E-state index in [0.717, 1.165) is 0 Å². The Kier molecular flexibility index (Phi) is 2.95. The monoisotopic (exact) mass is 270 g/mol. The van der Waals surface area contributed by atoms with Crippen molar-refractivity contribution in [3.05, 3.63) is 11.5 Å². The van der Waals surface area contributed by atoms with Crippen LogP contribution >= 0.6 is 0 Å². The summed E-state index contributed by atoms with van der Waals surface area (Å²) in [6.07, 6.45) is 0.123. The number of carbonyl (C=O) groups is 1. The third-order valence-corrected chi connectivity index (χ3v) is 3.98. The van der Waals surface area contributed by atoms with Crippen molar-refractivity contribution >= 4 is 5.78 Å². The first kappa shape index (κ1) is 13.9. The molecule has 2 atom stereocenters. The second-order valence-corrected chi connectivity index (χ2v) is 6.03. The third kappa shape index (κ3) is 1.72. The van der Waals surface area contributed by atoms with Crippen molar-refractivity contribution in [2.75, 3.05) is 0 Å². The Morgan fingerprint density at radius 1 is 1.30 bits per heavy atom. The highest BCUT2D eigenvalue weighted by molar-refractivity contribution is 5.86. The minimum absolute atomic E-state index is 0.220. The van der Waals surface area contributed by atoms with E-state index in [9.17, 15) is 15.3 Å². The molecule has 1 saturated carbocycles. The molecule has 0 bridgehead atoms. The van der Waals surface area contributed by atoms with E-state index in [4.69, 9.17) is 15.7 Å². The molecule has 0 saturated heterocycles. The van der Waals surface area contributed by atoms with Crippen LogP contribution in [0.25, 0.3) is 0 Å². The maximum atomic E-state index is 12.4. The van der Waals surface area contributed by atoms with Crippen molar-refractivity contribution in [1.29, 1.82) is 15.8 Å². The minimum Gasteiger partial charge on any atom is -0.474 e. The number of rotatable bonds is 0. The molecule has 2 N–H and O–H groups in total. The van der Waals surface area contributed by atoms with Crippen molar-refractivity contribution in [2.45, 2.75) is 32.8 Å². The van der Waals surface area contributed by atoms with E-state index in [1.807, 2.05) is 26.0 Å². The summed E-state index contributed by atoms with van der Waals surface area (Å²) in [5.74, 6) is -1.40. The van der Waals surface area contributed by atoms with Gasteiger partial charge >= 0.3 is 0 Å². The van der Waals surface area contributed by atoms with Gasteiger partial charge in [-0.25, -0.2) is 0 Å². The molecular formula is C14H14N4O2. The summed E-state index contributed by atoms with van der Waals surface area (Å²) in [5.41, 5.74) is 3.31. The average Bonchev–Trinajstić information content (AvgIpc) is 2.35. The highest BCUT2D eigenvalue weighted by atomic mass is 16.5. The van der Waals surface area contributed by atoms with Crippen molar-refractivity contribution in [1.82, 2.24) is 0 Å². The van der Waals surface area contributed by atoms with E-state index in [2.05, 4.69) is 0 Å². The van der Waals surface area contributed by atoms with Crippen molar-refractivity contribution in [2.24, 2.45) is 22.5 Å². The number of hydrogen-bond acceptors (Lipinski definition) is 6. The molecule has 1 fully saturated rings. The highest BCUT2D eigenvalue weighted by Gasteiger charge is 2.59. The highest BCUT2D eigenvalue weighted by Crippen LogP contribution is 2.50. The molecule has 2 aliphatic rings. The maximum Gasteiger partial charge on any atom is 0.201 e. The summed E-state index contributed by atoms with van der Waals surface area (Å²) in [6, 6.07) is 5.42. The molecule has 1 aliphatic carbocycles. The van der Waals surface area contributed by atoms with Gasteiger partial charge in [0.2, 0.25) is 5.88 Å². The molecule has 6 nitrogen and oxygen atoms in total. The summed E-state index contributed by atoms with van der Waals surface area (Å²) in [6.45, 7) is 3.84. The molecule has 0 aromatic rings. The van der Waals surface area contributed by atoms with Crippen LogP contribution in [0, 0.1) is 50.7 Å². The number of allylic oxidation sites excluding steroid dienone is 1. The quantitative estimate of drug-likeness (QED) is 0.703. The molecular weight excluding hydrogens is 256 g/mol. The number of carbonyl (C=O) groups excluding carboxylic acids is 1. The Balaban J connectivity index is 2.64. The van der Waals surface area contributed by atoms with Crippen LogP contribution in [-0.2, 0) is 9.53 Å². The van der Waals surface area contributed by atoms with Gasteiger partial charge in [-0.3, -0.25) is 4.79 Å². The van der Waals surface area contributed by atoms with Crippen LogP contribution in [0.1, 0.15) is 26.7 Å². The molecule has 0 aromatic heterocycles. The van der Waals surface area contributed by atoms with Gasteiger partial charge in [-0.2, -0.15) is 15.8 Å². The fourth-order valence-electron chi connectivity index (χ4n) is 3.14. The first-order chi connectivity index (χ1) is 9.31. The van der Waals surface area contributed by atoms with E-state index in [1.165, 1.54) is 0 Å². The molecule has 1 heterocycles. The lowest BCUT2D eigenvalue weighted by atomic mass is 9.59. The average molecular weight is 270 g/mol. The van der Waals surface area contributed by atoms with Gasteiger partial charge in [-0.15, -0.1) is 0 Å². The van der Waals surface area contributed by atoms with Crippen LogP contribution in [0.2, 0.25) is 0 Å². The Labute approximate surface area is 117 Å². The summed E-state index contributed by atoms with van der Waals surface area (Å²) in [4.78, 5) is 12.4. The third-order valence-electron chi connectivity index (χ3n) is 3.98. The molecule has 102 valence electrons. The molecule has 1 aliphatic heterocycles. The SMILES string of the molecule is CC1(C)CC(=O)C2C(C1)OC(N)=C(C#N)C2(C#N)C#N. The van der Waals surface area contributed by atoms with Crippen molar-refractivity contribution in [3.8, 4) is 18.2 Å². The molecule has 0 amide bonds. The zero-order chi connectivity index (χ0) is 15.1. The second-order valence-electron chi connectivity index (χ2n) is 6.03. The van der Waals surface area contributed by atoms with Gasteiger partial charge in [0, 0.05) is 6.42 Å². The van der Waals surface area contributed by atoms with Gasteiger partial charge in [0.05, 0.1) is 18.1 Å². The Hall–Kier alpha value is -2.52. The molecule has 2 rings (SSSR count). The number of nitriles is 3. The lowest BCUT2D eigenvalue weighted by Crippen LogP contribution is -2.53. The lowest BCUT2D eigenvalue weighted by Gasteiger charge is -2.45. The number of Topliss-reactive ketones (excluding diaryl/α,β-unsaturated/α-hetero) is 1. The molecule has 0 spiro atoms. The van der Waals surface area contributed by atoms with E-state index >= 15 is 0 Å². The standard InChI is InChI=1S/C14H14N4O2/c1-13(2)3-9(19)11-10(4-13)20-12(18)8(5-15)14(11,6-16)7-17/h10-11H,3-4,18H2,1-2H3.